The molecule has 0 unspecified atom stereocenters. The van der Waals surface area contributed by atoms with E-state index in [0.717, 1.165) is 62.7 Å². The average molecular weight is 386 g/mol. The second kappa shape index (κ2) is 8.59. The number of hydrogen-bond acceptors (Lipinski definition) is 5. The van der Waals surface area contributed by atoms with Crippen LogP contribution in [0.1, 0.15) is 17.7 Å². The first kappa shape index (κ1) is 19.4. The molecule has 4 rings (SSSR count). The number of fused-ring (bicyclic) bond motifs is 1. The second-order valence-corrected chi connectivity index (χ2v) is 8.17. The van der Waals surface area contributed by atoms with Crippen molar-refractivity contribution >= 4 is 11.6 Å². The van der Waals surface area contributed by atoms with Crippen LogP contribution in [0.3, 0.4) is 0 Å². The van der Waals surface area contributed by atoms with Crippen molar-refractivity contribution < 1.29 is 14.6 Å². The van der Waals surface area contributed by atoms with Gasteiger partial charge in [-0.15, -0.1) is 0 Å². The predicted octanol–water partition coefficient (Wildman–Crippen LogP) is 0.974. The van der Waals surface area contributed by atoms with E-state index in [1.54, 1.807) is 6.20 Å². The molecule has 152 valence electrons. The van der Waals surface area contributed by atoms with E-state index in [1.165, 1.54) is 0 Å². The highest BCUT2D eigenvalue weighted by molar-refractivity contribution is 5.78. The summed E-state index contributed by atoms with van der Waals surface area (Å²) in [7, 11) is 0. The number of ether oxygens (including phenoxy) is 1. The maximum absolute atomic E-state index is 13.1. The monoisotopic (exact) mass is 386 g/mol. The van der Waals surface area contributed by atoms with Crippen molar-refractivity contribution in [3.05, 3.63) is 35.8 Å². The number of nitrogens with zero attached hydrogens (tertiary/aromatic N) is 4. The molecule has 2 fully saturated rings. The summed E-state index contributed by atoms with van der Waals surface area (Å²) in [6, 6.07) is 4.01. The first-order valence-electron chi connectivity index (χ1n) is 10.2. The smallest absolute Gasteiger partial charge is 0.228 e. The highest BCUT2D eigenvalue weighted by atomic mass is 16.5. The maximum atomic E-state index is 13.1. The van der Waals surface area contributed by atoms with Crippen LogP contribution in [0.4, 0.5) is 0 Å². The number of aromatic nitrogens is 2. The lowest BCUT2D eigenvalue weighted by Gasteiger charge is -2.40. The minimum atomic E-state index is 0.119. The SMILES string of the molecule is Cc1cccn2c(CC(=O)N3C[C@H](CO)C[C@H](CN4CCOCC4)C3)cnc12. The zero-order chi connectivity index (χ0) is 19.5. The molecule has 1 amide bonds. The normalized spacial score (nSPS) is 24.0. The Balaban J connectivity index is 1.43. The van der Waals surface area contributed by atoms with Crippen molar-refractivity contribution in [2.75, 3.05) is 52.5 Å². The standard InChI is InChI=1S/C21H30N4O3/c1-16-3-2-4-25-19(11-22-21(16)25)10-20(27)24-13-17(9-18(14-24)15-26)12-23-5-7-28-8-6-23/h2-4,11,17-18,26H,5-10,12-15H2,1H3/t17-,18-/m1/s1. The van der Waals surface area contributed by atoms with Gasteiger partial charge in [-0.2, -0.15) is 0 Å². The van der Waals surface area contributed by atoms with Gasteiger partial charge in [0.2, 0.25) is 5.91 Å². The first-order valence-corrected chi connectivity index (χ1v) is 10.2. The Morgan fingerprint density at radius 3 is 2.86 bits per heavy atom. The van der Waals surface area contributed by atoms with Crippen LogP contribution in [-0.4, -0.2) is 82.7 Å². The fraction of sp³-hybridized carbons (Fsp3) is 0.619. The van der Waals surface area contributed by atoms with Gasteiger partial charge < -0.3 is 19.1 Å². The molecule has 2 saturated heterocycles. The molecule has 0 aliphatic carbocycles. The molecule has 2 atom stereocenters. The van der Waals surface area contributed by atoms with Crippen molar-refractivity contribution in [1.29, 1.82) is 0 Å². The molecule has 2 aliphatic heterocycles. The molecule has 7 heteroatoms. The predicted molar refractivity (Wildman–Crippen MR) is 106 cm³/mol. The van der Waals surface area contributed by atoms with E-state index in [4.69, 9.17) is 4.74 Å². The molecule has 1 N–H and O–H groups in total. The number of hydrogen-bond donors (Lipinski definition) is 1. The number of piperidine rings is 1. The van der Waals surface area contributed by atoms with Gasteiger partial charge in [-0.3, -0.25) is 9.69 Å². The van der Waals surface area contributed by atoms with Crippen LogP contribution in [0.15, 0.2) is 24.5 Å². The Morgan fingerprint density at radius 1 is 1.29 bits per heavy atom. The maximum Gasteiger partial charge on any atom is 0.228 e. The number of aliphatic hydroxyl groups excluding tert-OH is 1. The molecule has 0 radical (unpaired) electrons. The van der Waals surface area contributed by atoms with Crippen molar-refractivity contribution in [2.45, 2.75) is 19.8 Å². The number of amides is 1. The third-order valence-electron chi connectivity index (χ3n) is 5.99. The number of pyridine rings is 1. The van der Waals surface area contributed by atoms with Crippen LogP contribution in [0, 0.1) is 18.8 Å². The van der Waals surface area contributed by atoms with Crippen LogP contribution >= 0.6 is 0 Å². The van der Waals surface area contributed by atoms with Crippen molar-refractivity contribution in [2.24, 2.45) is 11.8 Å². The molecule has 2 aromatic rings. The van der Waals surface area contributed by atoms with Crippen molar-refractivity contribution in [1.82, 2.24) is 19.2 Å². The Bertz CT molecular complexity index is 815. The fourth-order valence-electron chi connectivity index (χ4n) is 4.54. The number of likely N-dealkylation sites (tertiary alicyclic amines) is 1. The summed E-state index contributed by atoms with van der Waals surface area (Å²) in [5.41, 5.74) is 2.92. The van der Waals surface area contributed by atoms with E-state index in [-0.39, 0.29) is 18.4 Å². The third-order valence-corrected chi connectivity index (χ3v) is 5.99. The van der Waals surface area contributed by atoms with Gasteiger partial charge in [0.15, 0.2) is 0 Å². The highest BCUT2D eigenvalue weighted by Crippen LogP contribution is 2.24. The van der Waals surface area contributed by atoms with Gasteiger partial charge in [-0.05, 0) is 36.8 Å². The van der Waals surface area contributed by atoms with Gasteiger partial charge in [0.05, 0.1) is 25.3 Å². The number of morpholine rings is 1. The third kappa shape index (κ3) is 4.21. The van der Waals surface area contributed by atoms with Gasteiger partial charge in [-0.1, -0.05) is 6.07 Å². The number of imidazole rings is 1. The molecule has 28 heavy (non-hydrogen) atoms. The van der Waals surface area contributed by atoms with E-state index in [9.17, 15) is 9.90 Å². The topological polar surface area (TPSA) is 70.3 Å². The number of carbonyl (C=O) groups excluding carboxylic acids is 1. The average Bonchev–Trinajstić information content (AvgIpc) is 3.12. The zero-order valence-corrected chi connectivity index (χ0v) is 16.6. The Labute approximate surface area is 165 Å². The van der Waals surface area contributed by atoms with E-state index >= 15 is 0 Å². The number of aryl methyl sites for hydroxylation is 1. The fourth-order valence-corrected chi connectivity index (χ4v) is 4.54. The lowest BCUT2D eigenvalue weighted by Crippen LogP contribution is -2.49. The summed E-state index contributed by atoms with van der Waals surface area (Å²) in [6.07, 6.45) is 5.09. The molecule has 0 saturated carbocycles. The quantitative estimate of drug-likeness (QED) is 0.829. The summed E-state index contributed by atoms with van der Waals surface area (Å²) in [5.74, 6) is 0.680. The Kier molecular flexibility index (Phi) is 5.94. The lowest BCUT2D eigenvalue weighted by atomic mass is 9.89. The molecule has 2 aliphatic rings. The second-order valence-electron chi connectivity index (χ2n) is 8.17. The lowest BCUT2D eigenvalue weighted by molar-refractivity contribution is -0.134. The highest BCUT2D eigenvalue weighted by Gasteiger charge is 2.31. The van der Waals surface area contributed by atoms with Gasteiger partial charge in [0.25, 0.3) is 0 Å². The van der Waals surface area contributed by atoms with Gasteiger partial charge in [0, 0.05) is 51.7 Å². The Hall–Kier alpha value is -1.96. The molecule has 0 spiro atoms. The van der Waals surface area contributed by atoms with Crippen LogP contribution in [0.25, 0.3) is 5.65 Å². The Morgan fingerprint density at radius 2 is 2.07 bits per heavy atom. The van der Waals surface area contributed by atoms with E-state index in [1.807, 2.05) is 34.6 Å². The summed E-state index contributed by atoms with van der Waals surface area (Å²) in [4.78, 5) is 21.9. The largest absolute Gasteiger partial charge is 0.396 e. The minimum Gasteiger partial charge on any atom is -0.396 e. The molecule has 2 aromatic heterocycles. The molecule has 4 heterocycles. The first-order chi connectivity index (χ1) is 13.6. The molecular weight excluding hydrogens is 356 g/mol. The number of aliphatic hydroxyl groups is 1. The van der Waals surface area contributed by atoms with Crippen molar-refractivity contribution in [3.63, 3.8) is 0 Å². The zero-order valence-electron chi connectivity index (χ0n) is 16.6. The van der Waals surface area contributed by atoms with Crippen LogP contribution in [0.2, 0.25) is 0 Å². The number of rotatable bonds is 5. The molecular formula is C21H30N4O3. The van der Waals surface area contributed by atoms with Gasteiger partial charge >= 0.3 is 0 Å². The van der Waals surface area contributed by atoms with E-state index < -0.39 is 0 Å². The van der Waals surface area contributed by atoms with Crippen LogP contribution in [0.5, 0.6) is 0 Å². The van der Waals surface area contributed by atoms with Gasteiger partial charge in [0.1, 0.15) is 5.65 Å². The van der Waals surface area contributed by atoms with Crippen molar-refractivity contribution in [3.8, 4) is 0 Å². The minimum absolute atomic E-state index is 0.119. The molecule has 0 bridgehead atoms. The van der Waals surface area contributed by atoms with E-state index in [2.05, 4.69) is 9.88 Å². The van der Waals surface area contributed by atoms with Gasteiger partial charge in [-0.25, -0.2) is 4.98 Å². The molecule has 0 aromatic carbocycles. The van der Waals surface area contributed by atoms with Crippen LogP contribution in [-0.2, 0) is 16.0 Å². The van der Waals surface area contributed by atoms with Crippen LogP contribution < -0.4 is 0 Å². The summed E-state index contributed by atoms with van der Waals surface area (Å²) < 4.78 is 7.44. The van der Waals surface area contributed by atoms with E-state index in [0.29, 0.717) is 18.9 Å². The summed E-state index contributed by atoms with van der Waals surface area (Å²) in [5, 5.41) is 9.76. The number of carbonyl (C=O) groups is 1. The summed E-state index contributed by atoms with van der Waals surface area (Å²) in [6.45, 7) is 8.02. The molecule has 7 nitrogen and oxygen atoms in total. The summed E-state index contributed by atoms with van der Waals surface area (Å²) >= 11 is 0.